The summed E-state index contributed by atoms with van der Waals surface area (Å²) in [7, 11) is 0. The van der Waals surface area contributed by atoms with Gasteiger partial charge in [0.25, 0.3) is 0 Å². The van der Waals surface area contributed by atoms with Gasteiger partial charge in [0.15, 0.2) is 5.78 Å². The van der Waals surface area contributed by atoms with Gasteiger partial charge in [-0.3, -0.25) is 9.59 Å². The van der Waals surface area contributed by atoms with Crippen LogP contribution < -0.4 is 0 Å². The number of ketones is 1. The average Bonchev–Trinajstić information content (AvgIpc) is 3.29. The quantitative estimate of drug-likeness (QED) is 0.436. The summed E-state index contributed by atoms with van der Waals surface area (Å²) in [6.45, 7) is 4.19. The highest BCUT2D eigenvalue weighted by Crippen LogP contribution is 2.33. The van der Waals surface area contributed by atoms with Crippen molar-refractivity contribution in [2.45, 2.75) is 43.3 Å². The predicted molar refractivity (Wildman–Crippen MR) is 80.1 cm³/mol. The Balaban J connectivity index is 1.98. The molecule has 1 aliphatic rings. The molecule has 4 heteroatoms. The van der Waals surface area contributed by atoms with Crippen LogP contribution in [0.15, 0.2) is 29.2 Å². The molecule has 1 aromatic rings. The van der Waals surface area contributed by atoms with Crippen LogP contribution in [-0.4, -0.2) is 23.6 Å². The van der Waals surface area contributed by atoms with Gasteiger partial charge in [-0.1, -0.05) is 19.1 Å². The fraction of sp³-hybridized carbons (Fsp3) is 0.500. The highest BCUT2D eigenvalue weighted by Gasteiger charge is 2.30. The lowest BCUT2D eigenvalue weighted by molar-refractivity contribution is -0.142. The number of benzene rings is 1. The smallest absolute Gasteiger partial charge is 0.319 e. The van der Waals surface area contributed by atoms with Crippen LogP contribution in [0.4, 0.5) is 0 Å². The average molecular weight is 292 g/mol. The molecule has 0 saturated heterocycles. The van der Waals surface area contributed by atoms with E-state index in [-0.39, 0.29) is 22.9 Å². The van der Waals surface area contributed by atoms with Crippen LogP contribution in [0.5, 0.6) is 0 Å². The topological polar surface area (TPSA) is 43.4 Å². The van der Waals surface area contributed by atoms with E-state index in [9.17, 15) is 9.59 Å². The molecule has 108 valence electrons. The lowest BCUT2D eigenvalue weighted by Gasteiger charge is -2.13. The molecule has 0 aromatic heterocycles. The number of thioether (sulfide) groups is 1. The van der Waals surface area contributed by atoms with Crippen molar-refractivity contribution in [1.82, 2.24) is 0 Å². The van der Waals surface area contributed by atoms with E-state index < -0.39 is 0 Å². The normalized spacial score (nSPS) is 15.7. The van der Waals surface area contributed by atoms with Gasteiger partial charge in [0.2, 0.25) is 0 Å². The van der Waals surface area contributed by atoms with E-state index in [0.29, 0.717) is 6.61 Å². The standard InChI is InChI=1S/C16H20O3S/c1-3-14(16(18)19-4-2)20-13-9-7-12(8-10-13)15(17)11-5-6-11/h7-11,14H,3-6H2,1-2H3. The summed E-state index contributed by atoms with van der Waals surface area (Å²) in [6.07, 6.45) is 2.78. The summed E-state index contributed by atoms with van der Waals surface area (Å²) in [5.74, 6) is 0.327. The Morgan fingerprint density at radius 1 is 1.25 bits per heavy atom. The van der Waals surface area contributed by atoms with Gasteiger partial charge in [-0.15, -0.1) is 11.8 Å². The second-order valence-electron chi connectivity index (χ2n) is 4.93. The molecule has 1 fully saturated rings. The van der Waals surface area contributed by atoms with Gasteiger partial charge in [-0.2, -0.15) is 0 Å². The molecule has 0 aliphatic heterocycles. The fourth-order valence-corrected chi connectivity index (χ4v) is 2.93. The van der Waals surface area contributed by atoms with Crippen molar-refractivity contribution in [3.63, 3.8) is 0 Å². The molecule has 1 unspecified atom stereocenters. The third kappa shape index (κ3) is 3.85. The first-order valence-electron chi connectivity index (χ1n) is 7.13. The third-order valence-electron chi connectivity index (χ3n) is 3.29. The first kappa shape index (κ1) is 15.1. The maximum atomic E-state index is 11.9. The van der Waals surface area contributed by atoms with E-state index in [1.54, 1.807) is 0 Å². The molecule has 1 aliphatic carbocycles. The molecule has 0 bridgehead atoms. The molecule has 0 heterocycles. The van der Waals surface area contributed by atoms with Crippen molar-refractivity contribution in [2.24, 2.45) is 5.92 Å². The van der Waals surface area contributed by atoms with Crippen LogP contribution >= 0.6 is 11.8 Å². The third-order valence-corrected chi connectivity index (χ3v) is 4.64. The van der Waals surface area contributed by atoms with E-state index in [2.05, 4.69) is 0 Å². The zero-order chi connectivity index (χ0) is 14.5. The Bertz CT molecular complexity index is 477. The Kier molecular flexibility index (Phi) is 5.24. The monoisotopic (exact) mass is 292 g/mol. The number of hydrogen-bond acceptors (Lipinski definition) is 4. The first-order valence-corrected chi connectivity index (χ1v) is 8.01. The number of esters is 1. The maximum Gasteiger partial charge on any atom is 0.319 e. The molecule has 0 amide bonds. The van der Waals surface area contributed by atoms with Crippen LogP contribution in [0.2, 0.25) is 0 Å². The van der Waals surface area contributed by atoms with Crippen molar-refractivity contribution in [1.29, 1.82) is 0 Å². The molecule has 20 heavy (non-hydrogen) atoms. The zero-order valence-electron chi connectivity index (χ0n) is 11.9. The summed E-state index contributed by atoms with van der Waals surface area (Å²) in [5, 5.41) is -0.181. The number of ether oxygens (including phenoxy) is 1. The summed E-state index contributed by atoms with van der Waals surface area (Å²) < 4.78 is 5.05. The summed E-state index contributed by atoms with van der Waals surface area (Å²) >= 11 is 1.50. The molecule has 1 aromatic carbocycles. The summed E-state index contributed by atoms with van der Waals surface area (Å²) in [6, 6.07) is 7.56. The molecule has 2 rings (SSSR count). The van der Waals surface area contributed by atoms with Crippen molar-refractivity contribution in [3.8, 4) is 0 Å². The van der Waals surface area contributed by atoms with E-state index in [1.165, 1.54) is 11.8 Å². The van der Waals surface area contributed by atoms with Crippen LogP contribution in [-0.2, 0) is 9.53 Å². The zero-order valence-corrected chi connectivity index (χ0v) is 12.7. The minimum atomic E-state index is -0.181. The van der Waals surface area contributed by atoms with E-state index in [4.69, 9.17) is 4.74 Å². The van der Waals surface area contributed by atoms with Gasteiger partial charge < -0.3 is 4.74 Å². The number of Topliss-reactive ketones (excluding diaryl/α,β-unsaturated/α-hetero) is 1. The maximum absolute atomic E-state index is 11.9. The number of carbonyl (C=O) groups excluding carboxylic acids is 2. The Morgan fingerprint density at radius 2 is 1.90 bits per heavy atom. The lowest BCUT2D eigenvalue weighted by atomic mass is 10.1. The Morgan fingerprint density at radius 3 is 2.40 bits per heavy atom. The molecule has 0 N–H and O–H groups in total. The molecule has 3 nitrogen and oxygen atoms in total. The number of rotatable bonds is 7. The van der Waals surface area contributed by atoms with Crippen molar-refractivity contribution in [3.05, 3.63) is 29.8 Å². The van der Waals surface area contributed by atoms with E-state index in [1.807, 2.05) is 38.1 Å². The van der Waals surface area contributed by atoms with E-state index >= 15 is 0 Å². The second-order valence-corrected chi connectivity index (χ2v) is 6.21. The van der Waals surface area contributed by atoms with Gasteiger partial charge in [-0.05, 0) is 38.3 Å². The molecule has 1 saturated carbocycles. The highest BCUT2D eigenvalue weighted by atomic mass is 32.2. The first-order chi connectivity index (χ1) is 9.65. The van der Waals surface area contributed by atoms with E-state index in [0.717, 1.165) is 29.7 Å². The fourth-order valence-electron chi connectivity index (χ4n) is 1.98. The number of carbonyl (C=O) groups is 2. The molecular weight excluding hydrogens is 272 g/mol. The minimum Gasteiger partial charge on any atom is -0.465 e. The Labute approximate surface area is 124 Å². The van der Waals surface area contributed by atoms with Crippen LogP contribution in [0.25, 0.3) is 0 Å². The van der Waals surface area contributed by atoms with Crippen molar-refractivity contribution < 1.29 is 14.3 Å². The largest absolute Gasteiger partial charge is 0.465 e. The minimum absolute atomic E-state index is 0.168. The molecule has 0 radical (unpaired) electrons. The van der Waals surface area contributed by atoms with Crippen molar-refractivity contribution in [2.75, 3.05) is 6.61 Å². The van der Waals surface area contributed by atoms with Crippen LogP contribution in [0.3, 0.4) is 0 Å². The van der Waals surface area contributed by atoms with Gasteiger partial charge >= 0.3 is 5.97 Å². The van der Waals surface area contributed by atoms with Gasteiger partial charge in [-0.25, -0.2) is 0 Å². The second kappa shape index (κ2) is 6.93. The summed E-state index contributed by atoms with van der Waals surface area (Å²) in [5.41, 5.74) is 0.779. The summed E-state index contributed by atoms with van der Waals surface area (Å²) in [4.78, 5) is 24.7. The number of hydrogen-bond donors (Lipinski definition) is 0. The van der Waals surface area contributed by atoms with Gasteiger partial charge in [0, 0.05) is 16.4 Å². The Hall–Kier alpha value is -1.29. The molecular formula is C16H20O3S. The lowest BCUT2D eigenvalue weighted by Crippen LogP contribution is -2.19. The molecule has 0 spiro atoms. The molecule has 1 atom stereocenters. The van der Waals surface area contributed by atoms with Crippen LogP contribution in [0.1, 0.15) is 43.5 Å². The highest BCUT2D eigenvalue weighted by molar-refractivity contribution is 8.00. The van der Waals surface area contributed by atoms with Gasteiger partial charge in [0.1, 0.15) is 5.25 Å². The SMILES string of the molecule is CCOC(=O)C(CC)Sc1ccc(C(=O)C2CC2)cc1. The van der Waals surface area contributed by atoms with Gasteiger partial charge in [0.05, 0.1) is 6.61 Å². The van der Waals surface area contributed by atoms with Crippen molar-refractivity contribution >= 4 is 23.5 Å². The predicted octanol–water partition coefficient (Wildman–Crippen LogP) is 3.71. The van der Waals surface area contributed by atoms with Crippen LogP contribution in [0, 0.1) is 5.92 Å².